The fourth-order valence-electron chi connectivity index (χ4n) is 2.39. The van der Waals surface area contributed by atoms with Gasteiger partial charge >= 0.3 is 6.09 Å². The second kappa shape index (κ2) is 13.6. The van der Waals surface area contributed by atoms with Gasteiger partial charge in [0.05, 0.1) is 13.2 Å². The number of hydrazine groups is 1. The normalized spacial score (nSPS) is 12.0. The van der Waals surface area contributed by atoms with Crippen molar-refractivity contribution in [2.75, 3.05) is 13.2 Å². The van der Waals surface area contributed by atoms with Crippen molar-refractivity contribution in [1.82, 2.24) is 16.2 Å². The molecule has 9 nitrogen and oxygen atoms in total. The second-order valence-corrected chi connectivity index (χ2v) is 7.84. The maximum atomic E-state index is 12.5. The minimum atomic E-state index is -1.04. The van der Waals surface area contributed by atoms with Crippen LogP contribution in [-0.4, -0.2) is 42.7 Å². The van der Waals surface area contributed by atoms with Crippen LogP contribution in [0.2, 0.25) is 0 Å². The molecule has 5 N–H and O–H groups in total. The van der Waals surface area contributed by atoms with Crippen molar-refractivity contribution < 1.29 is 23.9 Å². The van der Waals surface area contributed by atoms with E-state index in [9.17, 15) is 14.4 Å². The number of nitrogens with one attached hydrogen (secondary N) is 3. The van der Waals surface area contributed by atoms with E-state index in [1.54, 1.807) is 20.8 Å². The van der Waals surface area contributed by atoms with Crippen LogP contribution in [0.5, 0.6) is 0 Å². The van der Waals surface area contributed by atoms with E-state index in [-0.39, 0.29) is 25.5 Å². The van der Waals surface area contributed by atoms with Gasteiger partial charge in [0.15, 0.2) is 0 Å². The summed E-state index contributed by atoms with van der Waals surface area (Å²) in [5.74, 6) is -0.925. The molecular formula is C21H34N4O5. The predicted molar refractivity (Wildman–Crippen MR) is 113 cm³/mol. The zero-order chi connectivity index (χ0) is 22.4. The van der Waals surface area contributed by atoms with E-state index >= 15 is 0 Å². The number of hydrogen-bond donors (Lipinski definition) is 4. The Morgan fingerprint density at radius 1 is 1.03 bits per heavy atom. The lowest BCUT2D eigenvalue weighted by molar-refractivity contribution is -0.131. The molecule has 1 atom stereocenters. The van der Waals surface area contributed by atoms with E-state index in [2.05, 4.69) is 16.2 Å². The largest absolute Gasteiger partial charge is 0.444 e. The van der Waals surface area contributed by atoms with Gasteiger partial charge < -0.3 is 20.5 Å². The van der Waals surface area contributed by atoms with E-state index in [1.807, 2.05) is 30.3 Å². The predicted octanol–water partition coefficient (Wildman–Crippen LogP) is 1.76. The molecule has 0 aliphatic carbocycles. The van der Waals surface area contributed by atoms with Gasteiger partial charge in [-0.15, -0.1) is 0 Å². The molecule has 0 fully saturated rings. The summed E-state index contributed by atoms with van der Waals surface area (Å²) in [5.41, 5.74) is 10.3. The molecule has 1 aromatic carbocycles. The van der Waals surface area contributed by atoms with Crippen LogP contribution in [0.15, 0.2) is 30.3 Å². The summed E-state index contributed by atoms with van der Waals surface area (Å²) >= 11 is 0. The third kappa shape index (κ3) is 12.0. The maximum absolute atomic E-state index is 12.5. The van der Waals surface area contributed by atoms with Crippen LogP contribution < -0.4 is 21.9 Å². The lowest BCUT2D eigenvalue weighted by Gasteiger charge is -2.23. The standard InChI is InChI=1S/C21H34N4O5/c1-21(2,3)30-20(28)23-17(15-29-14-16-10-6-4-7-11-16)19(27)25-24-18(26)12-8-5-9-13-22/h4,6-7,10-11,17H,5,8-9,12-15,22H2,1-3H3,(H,23,28)(H,24,26)(H,25,27)/t17-/m1/s1. The van der Waals surface area contributed by atoms with Gasteiger partial charge in [0.2, 0.25) is 5.91 Å². The summed E-state index contributed by atoms with van der Waals surface area (Å²) in [6, 6.07) is 8.39. The number of alkyl carbamates (subject to hydrolysis) is 1. The molecule has 1 rings (SSSR count). The quantitative estimate of drug-likeness (QED) is 0.317. The Kier molecular flexibility index (Phi) is 11.5. The molecule has 0 saturated carbocycles. The van der Waals surface area contributed by atoms with Crippen molar-refractivity contribution >= 4 is 17.9 Å². The highest BCUT2D eigenvalue weighted by molar-refractivity contribution is 5.87. The average Bonchev–Trinajstić information content (AvgIpc) is 2.68. The molecule has 3 amide bonds. The number of ether oxygens (including phenoxy) is 2. The number of hydrogen-bond acceptors (Lipinski definition) is 6. The van der Waals surface area contributed by atoms with Gasteiger partial charge in [-0.05, 0) is 45.7 Å². The third-order valence-corrected chi connectivity index (χ3v) is 3.84. The number of unbranched alkanes of at least 4 members (excludes halogenated alkanes) is 2. The molecule has 0 aliphatic heterocycles. The Bertz CT molecular complexity index is 661. The number of carbonyl (C=O) groups excluding carboxylic acids is 3. The van der Waals surface area contributed by atoms with Crippen LogP contribution in [0.4, 0.5) is 4.79 Å². The van der Waals surface area contributed by atoms with Gasteiger partial charge in [0.25, 0.3) is 5.91 Å². The third-order valence-electron chi connectivity index (χ3n) is 3.84. The van der Waals surface area contributed by atoms with Crippen molar-refractivity contribution in [2.24, 2.45) is 5.73 Å². The molecule has 0 heterocycles. The Morgan fingerprint density at radius 2 is 1.73 bits per heavy atom. The molecule has 9 heteroatoms. The average molecular weight is 423 g/mol. The molecule has 168 valence electrons. The molecular weight excluding hydrogens is 388 g/mol. The Balaban J connectivity index is 2.56. The number of carbonyl (C=O) groups is 3. The lowest BCUT2D eigenvalue weighted by Crippen LogP contribution is -2.54. The fraction of sp³-hybridized carbons (Fsp3) is 0.571. The highest BCUT2D eigenvalue weighted by atomic mass is 16.6. The molecule has 30 heavy (non-hydrogen) atoms. The summed E-state index contributed by atoms with van der Waals surface area (Å²) < 4.78 is 10.8. The van der Waals surface area contributed by atoms with Crippen molar-refractivity contribution in [3.63, 3.8) is 0 Å². The smallest absolute Gasteiger partial charge is 0.408 e. The van der Waals surface area contributed by atoms with Crippen molar-refractivity contribution in [2.45, 2.75) is 64.7 Å². The number of rotatable bonds is 11. The van der Waals surface area contributed by atoms with Crippen LogP contribution in [0.25, 0.3) is 0 Å². The minimum Gasteiger partial charge on any atom is -0.444 e. The number of nitrogens with two attached hydrogens (primary N) is 1. The van der Waals surface area contributed by atoms with E-state index in [0.717, 1.165) is 18.4 Å². The molecule has 0 radical (unpaired) electrons. The Morgan fingerprint density at radius 3 is 2.37 bits per heavy atom. The van der Waals surface area contributed by atoms with E-state index < -0.39 is 23.6 Å². The molecule has 0 unspecified atom stereocenters. The highest BCUT2D eigenvalue weighted by Gasteiger charge is 2.25. The maximum Gasteiger partial charge on any atom is 0.408 e. The summed E-state index contributed by atoms with van der Waals surface area (Å²) in [7, 11) is 0. The van der Waals surface area contributed by atoms with Crippen molar-refractivity contribution in [3.05, 3.63) is 35.9 Å². The van der Waals surface area contributed by atoms with Gasteiger partial charge in [-0.25, -0.2) is 4.79 Å². The molecule has 0 aliphatic rings. The fourth-order valence-corrected chi connectivity index (χ4v) is 2.39. The highest BCUT2D eigenvalue weighted by Crippen LogP contribution is 2.07. The zero-order valence-corrected chi connectivity index (χ0v) is 18.0. The SMILES string of the molecule is CC(C)(C)OC(=O)N[C@H](COCc1ccccc1)C(=O)NNC(=O)CCCCCN. The molecule has 1 aromatic rings. The first kappa shape index (κ1) is 25.4. The van der Waals surface area contributed by atoms with Crippen molar-refractivity contribution in [1.29, 1.82) is 0 Å². The number of amides is 3. The summed E-state index contributed by atoms with van der Waals surface area (Å²) in [6.07, 6.45) is 1.89. The van der Waals surface area contributed by atoms with Crippen LogP contribution >= 0.6 is 0 Å². The molecule has 0 spiro atoms. The second-order valence-electron chi connectivity index (χ2n) is 7.84. The molecule has 0 bridgehead atoms. The molecule has 0 saturated heterocycles. The van der Waals surface area contributed by atoms with E-state index in [0.29, 0.717) is 13.0 Å². The zero-order valence-electron chi connectivity index (χ0n) is 18.0. The topological polar surface area (TPSA) is 132 Å². The minimum absolute atomic E-state index is 0.0909. The summed E-state index contributed by atoms with van der Waals surface area (Å²) in [4.78, 5) is 36.4. The van der Waals surface area contributed by atoms with Crippen LogP contribution in [0.3, 0.4) is 0 Å². The van der Waals surface area contributed by atoms with Gasteiger partial charge in [-0.1, -0.05) is 36.8 Å². The van der Waals surface area contributed by atoms with Crippen molar-refractivity contribution in [3.8, 4) is 0 Å². The first-order valence-corrected chi connectivity index (χ1v) is 10.1. The van der Waals surface area contributed by atoms with Gasteiger partial charge in [-0.2, -0.15) is 0 Å². The first-order valence-electron chi connectivity index (χ1n) is 10.1. The van der Waals surface area contributed by atoms with E-state index in [4.69, 9.17) is 15.2 Å². The van der Waals surface area contributed by atoms with Gasteiger partial charge in [-0.3, -0.25) is 20.4 Å². The molecule has 0 aromatic heterocycles. The first-order chi connectivity index (χ1) is 14.2. The van der Waals surface area contributed by atoms with E-state index in [1.165, 1.54) is 0 Å². The Labute approximate surface area is 178 Å². The van der Waals surface area contributed by atoms with Crippen LogP contribution in [0.1, 0.15) is 52.0 Å². The number of benzene rings is 1. The lowest BCUT2D eigenvalue weighted by atomic mass is 10.2. The van der Waals surface area contributed by atoms with Crippen LogP contribution in [-0.2, 0) is 25.7 Å². The summed E-state index contributed by atoms with van der Waals surface area (Å²) in [5, 5.41) is 2.48. The van der Waals surface area contributed by atoms with Gasteiger partial charge in [0.1, 0.15) is 11.6 Å². The Hall–Kier alpha value is -2.65. The van der Waals surface area contributed by atoms with Crippen LogP contribution in [0, 0.1) is 0 Å². The summed E-state index contributed by atoms with van der Waals surface area (Å²) in [6.45, 7) is 5.93. The monoisotopic (exact) mass is 422 g/mol. The van der Waals surface area contributed by atoms with Gasteiger partial charge in [0, 0.05) is 6.42 Å².